The Labute approximate surface area is 338 Å². The van der Waals surface area contributed by atoms with Crippen molar-refractivity contribution < 1.29 is 27.5 Å². The van der Waals surface area contributed by atoms with Crippen molar-refractivity contribution >= 4 is 45.0 Å². The molecule has 0 radical (unpaired) electrons. The topological polar surface area (TPSA) is 167 Å². The highest BCUT2D eigenvalue weighted by atomic mass is 32.2. The lowest BCUT2D eigenvalue weighted by molar-refractivity contribution is -0.141. The molecular weight excluding hydrogens is 763 g/mol. The number of benzene rings is 2. The molecule has 3 unspecified atom stereocenters. The summed E-state index contributed by atoms with van der Waals surface area (Å²) in [6, 6.07) is 14.3. The van der Waals surface area contributed by atoms with Gasteiger partial charge in [-0.15, -0.1) is 11.3 Å². The average Bonchev–Trinajstić information content (AvgIpc) is 3.54. The molecule has 302 valence electrons. The minimum Gasteiger partial charge on any atom is -0.473 e. The molecule has 7 atom stereocenters. The van der Waals surface area contributed by atoms with Gasteiger partial charge in [-0.05, 0) is 69.2 Å². The van der Waals surface area contributed by atoms with E-state index in [4.69, 9.17) is 15.5 Å². The smallest absolute Gasteiger partial charge is 0.303 e. The zero-order chi connectivity index (χ0) is 40.2. The number of hydrogen-bond donors (Lipinski definition) is 3. The van der Waals surface area contributed by atoms with Gasteiger partial charge in [0.2, 0.25) is 11.8 Å². The molecule has 5 aliphatic rings. The summed E-state index contributed by atoms with van der Waals surface area (Å²) in [5, 5.41) is 3.93. The number of rotatable bonds is 6. The molecule has 15 heteroatoms. The highest BCUT2D eigenvalue weighted by Crippen LogP contribution is 2.49. The van der Waals surface area contributed by atoms with E-state index >= 15 is 0 Å². The maximum Gasteiger partial charge on any atom is 0.303 e. The second kappa shape index (κ2) is 15.3. The Morgan fingerprint density at radius 1 is 1.12 bits per heavy atom. The van der Waals surface area contributed by atoms with Crippen LogP contribution >= 0.6 is 11.3 Å². The molecule has 3 aromatic rings. The first-order chi connectivity index (χ1) is 27.3. The first kappa shape index (κ1) is 39.3. The van der Waals surface area contributed by atoms with Crippen molar-refractivity contribution in [3.63, 3.8) is 0 Å². The van der Waals surface area contributed by atoms with Crippen LogP contribution in [-0.4, -0.2) is 90.7 Å². The van der Waals surface area contributed by atoms with Crippen LogP contribution in [0.1, 0.15) is 67.1 Å². The Balaban J connectivity index is 1.13. The predicted octanol–water partition coefficient (Wildman–Crippen LogP) is 4.17. The van der Waals surface area contributed by atoms with Gasteiger partial charge in [-0.2, -0.15) is 12.7 Å². The summed E-state index contributed by atoms with van der Waals surface area (Å²) in [7, 11) is -1.49. The van der Waals surface area contributed by atoms with Gasteiger partial charge in [-0.25, -0.2) is 9.71 Å². The molecule has 0 bridgehead atoms. The summed E-state index contributed by atoms with van der Waals surface area (Å²) in [6.07, 6.45) is 10.8. The largest absolute Gasteiger partial charge is 0.473 e. The molecule has 13 nitrogen and oxygen atoms in total. The van der Waals surface area contributed by atoms with Gasteiger partial charge in [0.25, 0.3) is 5.91 Å². The number of ether oxygens (including phenoxy) is 1. The third-order valence-corrected chi connectivity index (χ3v) is 14.8. The number of hydrogen-bond acceptors (Lipinski definition) is 10. The van der Waals surface area contributed by atoms with Crippen LogP contribution < -0.4 is 20.7 Å². The lowest BCUT2D eigenvalue weighted by atomic mass is 9.85. The van der Waals surface area contributed by atoms with Crippen molar-refractivity contribution in [1.82, 2.24) is 24.2 Å². The van der Waals surface area contributed by atoms with Gasteiger partial charge >= 0.3 is 10.2 Å². The fourth-order valence-corrected chi connectivity index (χ4v) is 10.6. The molecule has 1 saturated carbocycles. The Bertz CT molecular complexity index is 2240. The third kappa shape index (κ3) is 7.27. The van der Waals surface area contributed by atoms with E-state index in [2.05, 4.69) is 52.2 Å². The number of allylic oxidation sites excluding steroid dienone is 2. The molecule has 2 saturated heterocycles. The molecule has 3 fully saturated rings. The van der Waals surface area contributed by atoms with Crippen LogP contribution in [0.4, 0.5) is 5.69 Å². The van der Waals surface area contributed by atoms with E-state index in [1.54, 1.807) is 16.2 Å². The van der Waals surface area contributed by atoms with E-state index in [1.165, 1.54) is 24.5 Å². The van der Waals surface area contributed by atoms with Crippen LogP contribution in [0.5, 0.6) is 0 Å². The second-order valence-electron chi connectivity index (χ2n) is 16.2. The van der Waals surface area contributed by atoms with Gasteiger partial charge in [0.15, 0.2) is 5.88 Å². The molecular formula is C42H51N7O6S2. The summed E-state index contributed by atoms with van der Waals surface area (Å²) < 4.78 is 35.5. The van der Waals surface area contributed by atoms with Crippen molar-refractivity contribution in [2.75, 3.05) is 25.5 Å². The molecule has 0 spiro atoms. The summed E-state index contributed by atoms with van der Waals surface area (Å²) >= 11 is 1.68. The third-order valence-electron chi connectivity index (χ3n) is 12.3. The van der Waals surface area contributed by atoms with Crippen LogP contribution in [0.25, 0.3) is 10.6 Å². The number of aromatic nitrogens is 1. The number of nitrogens with two attached hydrogens (primary N) is 1. The molecule has 4 N–H and O–H groups in total. The number of aryl methyl sites for hydroxylation is 1. The molecule has 1 aliphatic carbocycles. The van der Waals surface area contributed by atoms with Crippen LogP contribution in [-0.2, 0) is 42.2 Å². The summed E-state index contributed by atoms with van der Waals surface area (Å²) in [6.45, 7) is 4.31. The monoisotopic (exact) mass is 813 g/mol. The van der Waals surface area contributed by atoms with Crippen molar-refractivity contribution in [3.05, 3.63) is 94.3 Å². The number of nitrogens with one attached hydrogen (secondary N) is 2. The number of fused-ring (bicyclic) bond motifs is 7. The van der Waals surface area contributed by atoms with Gasteiger partial charge < -0.3 is 25.6 Å². The van der Waals surface area contributed by atoms with E-state index in [9.17, 15) is 22.8 Å². The highest BCUT2D eigenvalue weighted by Gasteiger charge is 2.63. The maximum atomic E-state index is 14.8. The number of carbonyl (C=O) groups excluding carboxylic acids is 3. The molecule has 2 aromatic carbocycles. The number of amides is 3. The van der Waals surface area contributed by atoms with Gasteiger partial charge in [-0.1, -0.05) is 67.5 Å². The van der Waals surface area contributed by atoms with Crippen LogP contribution in [0.3, 0.4) is 0 Å². The Kier molecular flexibility index (Phi) is 10.5. The van der Waals surface area contributed by atoms with E-state index in [-0.39, 0.29) is 24.9 Å². The summed E-state index contributed by atoms with van der Waals surface area (Å²) in [5.74, 6) is -1.95. The zero-order valence-electron chi connectivity index (χ0n) is 32.8. The fraction of sp³-hybridized carbons (Fsp3) is 0.476. The van der Waals surface area contributed by atoms with Crippen molar-refractivity contribution in [1.29, 1.82) is 0 Å². The lowest BCUT2D eigenvalue weighted by Gasteiger charge is -2.47. The van der Waals surface area contributed by atoms with Crippen molar-refractivity contribution in [2.24, 2.45) is 17.6 Å². The van der Waals surface area contributed by atoms with E-state index < -0.39 is 57.6 Å². The van der Waals surface area contributed by atoms with Crippen molar-refractivity contribution in [3.8, 4) is 10.6 Å². The number of anilines is 1. The first-order valence-electron chi connectivity index (χ1n) is 19.9. The molecule has 4 aliphatic heterocycles. The zero-order valence-corrected chi connectivity index (χ0v) is 34.4. The van der Waals surface area contributed by atoms with Crippen molar-refractivity contribution in [2.45, 2.75) is 95.0 Å². The first-order valence-corrected chi connectivity index (χ1v) is 22.1. The lowest BCUT2D eigenvalue weighted by Crippen LogP contribution is -2.61. The number of nitrogens with zero attached hydrogens (tertiary/aromatic N) is 4. The summed E-state index contributed by atoms with van der Waals surface area (Å²) in [4.78, 5) is 52.9. The van der Waals surface area contributed by atoms with Crippen LogP contribution in [0.2, 0.25) is 0 Å². The van der Waals surface area contributed by atoms with E-state index in [1.807, 2.05) is 43.3 Å². The molecule has 8 rings (SSSR count). The highest BCUT2D eigenvalue weighted by molar-refractivity contribution is 7.87. The standard InChI is InChI=1S/C42H51N7O6S2/c1-25-36-34(55-35-21-20-29-30(17-13-19-33(29)49(25)35)39-44-32(26(2)56-39)22-27-14-9-8-10-15-27)24-48-37(36)38(50)45-42(41(52)46-57(53,54)47(3)4)23-28(42)16-11-6-5-7-12-18-31(43)40(48)51/h8-11,13-17,19,21,25,28,31,34,36-37H,5-7,12,18,20,22-24,43H2,1-4H3,(H,45,50)(H,46,52)/b16-11-/t25?,28-,31+,34+,36?,37?,42-/m1/s1. The van der Waals surface area contributed by atoms with Gasteiger partial charge in [0, 0.05) is 54.5 Å². The SMILES string of the molecule is Cc1sc(-c2cccc3c2CC=C2O[C@H]4CN5C(=O)[C@@H](N)CCCCC/C=C\[C@@H]6C[C@@]6(C(=O)NS(=O)(=O)N(C)C)NC(=O)C5C4C(C)N23)nc1Cc1ccccc1. The molecule has 3 amide bonds. The summed E-state index contributed by atoms with van der Waals surface area (Å²) in [5.41, 5.74) is 10.4. The molecule has 1 aromatic heterocycles. The van der Waals surface area contributed by atoms with E-state index in [0.717, 1.165) is 63.9 Å². The predicted molar refractivity (Wildman–Crippen MR) is 219 cm³/mol. The average molecular weight is 814 g/mol. The number of carbonyl (C=O) groups is 3. The minimum atomic E-state index is -4.14. The molecule has 57 heavy (non-hydrogen) atoms. The Morgan fingerprint density at radius 2 is 1.91 bits per heavy atom. The normalized spacial score (nSPS) is 29.3. The fourth-order valence-electron chi connectivity index (χ4n) is 9.02. The minimum absolute atomic E-state index is 0.151. The second-order valence-corrected chi connectivity index (χ2v) is 19.3. The van der Waals surface area contributed by atoms with Crippen LogP contribution in [0.15, 0.2) is 72.6 Å². The van der Waals surface area contributed by atoms with Gasteiger partial charge in [0.05, 0.1) is 18.3 Å². The Hall–Kier alpha value is -4.57. The van der Waals surface area contributed by atoms with Crippen LogP contribution in [0, 0.1) is 18.8 Å². The number of thiazole rings is 1. The van der Waals surface area contributed by atoms with Gasteiger partial charge in [0.1, 0.15) is 22.7 Å². The Morgan fingerprint density at radius 3 is 2.68 bits per heavy atom. The van der Waals surface area contributed by atoms with Gasteiger partial charge in [-0.3, -0.25) is 14.4 Å². The maximum absolute atomic E-state index is 14.8. The molecule has 5 heterocycles. The van der Waals surface area contributed by atoms with E-state index in [0.29, 0.717) is 18.7 Å². The quantitative estimate of drug-likeness (QED) is 0.310.